The van der Waals surface area contributed by atoms with Crippen molar-refractivity contribution in [1.82, 2.24) is 9.55 Å². The Kier molecular flexibility index (Phi) is 3.41. The van der Waals surface area contributed by atoms with E-state index in [0.717, 1.165) is 0 Å². The number of rotatable bonds is 3. The highest BCUT2D eigenvalue weighted by Gasteiger charge is 2.34. The van der Waals surface area contributed by atoms with Crippen LogP contribution in [0, 0.1) is 0 Å². The van der Waals surface area contributed by atoms with Gasteiger partial charge < -0.3 is 24.3 Å². The van der Waals surface area contributed by atoms with E-state index in [0.29, 0.717) is 6.42 Å². The molecule has 3 atom stereocenters. The van der Waals surface area contributed by atoms with E-state index in [1.807, 2.05) is 0 Å². The van der Waals surface area contributed by atoms with Gasteiger partial charge in [-0.3, -0.25) is 0 Å². The molecule has 7 heteroatoms. The first kappa shape index (κ1) is 12.0. The monoisotopic (exact) mass is 242 g/mol. The molecule has 0 bridgehead atoms. The van der Waals surface area contributed by atoms with Gasteiger partial charge in [-0.15, -0.1) is 0 Å². The Bertz CT molecular complexity index is 405. The van der Waals surface area contributed by atoms with Crippen molar-refractivity contribution < 1.29 is 24.5 Å². The molecule has 94 valence electrons. The first-order valence-electron chi connectivity index (χ1n) is 5.22. The van der Waals surface area contributed by atoms with Crippen LogP contribution in [-0.2, 0) is 9.47 Å². The van der Waals surface area contributed by atoms with Gasteiger partial charge in [0.05, 0.1) is 26.1 Å². The van der Waals surface area contributed by atoms with Gasteiger partial charge in [-0.1, -0.05) is 0 Å². The number of methoxy groups -OCH3 is 1. The zero-order chi connectivity index (χ0) is 12.4. The lowest BCUT2D eigenvalue weighted by Crippen LogP contribution is -2.24. The van der Waals surface area contributed by atoms with Crippen LogP contribution in [0.3, 0.4) is 0 Å². The minimum Gasteiger partial charge on any atom is -0.464 e. The van der Waals surface area contributed by atoms with Crippen molar-refractivity contribution in [2.75, 3.05) is 13.7 Å². The van der Waals surface area contributed by atoms with E-state index in [9.17, 15) is 9.90 Å². The fraction of sp³-hybridized carbons (Fsp3) is 0.600. The Hall–Kier alpha value is -1.44. The summed E-state index contributed by atoms with van der Waals surface area (Å²) in [6.45, 7) is -0.240. The van der Waals surface area contributed by atoms with Crippen LogP contribution >= 0.6 is 0 Å². The number of carbonyl (C=O) groups is 1. The molecule has 0 spiro atoms. The Labute approximate surface area is 97.6 Å². The van der Waals surface area contributed by atoms with Gasteiger partial charge in [0.2, 0.25) is 0 Å². The number of aromatic nitrogens is 2. The predicted octanol–water partition coefficient (Wildman–Crippen LogP) is -0.690. The molecule has 0 saturated carbocycles. The highest BCUT2D eigenvalue weighted by molar-refractivity contribution is 5.86. The van der Waals surface area contributed by atoms with Crippen LogP contribution in [0.25, 0.3) is 0 Å². The minimum atomic E-state index is -0.714. The lowest BCUT2D eigenvalue weighted by molar-refractivity contribution is -0.0444. The zero-order valence-corrected chi connectivity index (χ0v) is 9.31. The highest BCUT2D eigenvalue weighted by Crippen LogP contribution is 2.28. The molecule has 7 nitrogen and oxygen atoms in total. The van der Waals surface area contributed by atoms with E-state index in [1.54, 1.807) is 4.57 Å². The summed E-state index contributed by atoms with van der Waals surface area (Å²) in [5.41, 5.74) is 0.179. The maximum absolute atomic E-state index is 11.2. The maximum atomic E-state index is 11.2. The van der Waals surface area contributed by atoms with Crippen LogP contribution in [0.2, 0.25) is 0 Å². The molecule has 0 amide bonds. The molecule has 1 aromatic rings. The third-order valence-corrected chi connectivity index (χ3v) is 2.71. The fourth-order valence-corrected chi connectivity index (χ4v) is 1.77. The van der Waals surface area contributed by atoms with Gasteiger partial charge in [0, 0.05) is 12.6 Å². The van der Waals surface area contributed by atoms with Crippen molar-refractivity contribution in [3.8, 4) is 0 Å². The molecule has 1 aromatic heterocycles. The standard InChI is InChI=1S/C10H14N2O5/c1-16-10(15)6-3-12(5-11-6)9-2-7(14)8(4-13)17-9/h3,5,7-9,13-14H,2,4H2,1H3/t7-,8+,9+/m0/s1. The van der Waals surface area contributed by atoms with Crippen molar-refractivity contribution in [2.24, 2.45) is 0 Å². The number of aliphatic hydroxyl groups excluding tert-OH is 2. The molecule has 2 rings (SSSR count). The van der Waals surface area contributed by atoms with Gasteiger partial charge in [0.15, 0.2) is 5.69 Å². The third-order valence-electron chi connectivity index (χ3n) is 2.71. The van der Waals surface area contributed by atoms with E-state index in [-0.39, 0.29) is 12.3 Å². The molecule has 1 aliphatic rings. The first-order chi connectivity index (χ1) is 8.15. The molecule has 2 N–H and O–H groups in total. The number of aliphatic hydroxyl groups is 2. The van der Waals surface area contributed by atoms with E-state index in [4.69, 9.17) is 9.84 Å². The van der Waals surface area contributed by atoms with E-state index in [1.165, 1.54) is 19.6 Å². The Morgan fingerprint density at radius 3 is 3.12 bits per heavy atom. The van der Waals surface area contributed by atoms with E-state index < -0.39 is 24.4 Å². The van der Waals surface area contributed by atoms with Crippen molar-refractivity contribution in [1.29, 1.82) is 0 Å². The molecule has 1 aliphatic heterocycles. The predicted molar refractivity (Wildman–Crippen MR) is 55.2 cm³/mol. The van der Waals surface area contributed by atoms with Gasteiger partial charge >= 0.3 is 5.97 Å². The Balaban J connectivity index is 2.09. The molecule has 1 saturated heterocycles. The second-order valence-corrected chi connectivity index (χ2v) is 3.81. The average Bonchev–Trinajstić information content (AvgIpc) is 2.94. The lowest BCUT2D eigenvalue weighted by Gasteiger charge is -2.12. The van der Waals surface area contributed by atoms with Crippen LogP contribution in [0.1, 0.15) is 23.1 Å². The van der Waals surface area contributed by atoms with E-state index >= 15 is 0 Å². The molecule has 17 heavy (non-hydrogen) atoms. The number of hydrogen-bond acceptors (Lipinski definition) is 6. The second kappa shape index (κ2) is 4.82. The van der Waals surface area contributed by atoms with E-state index in [2.05, 4.69) is 9.72 Å². The summed E-state index contributed by atoms with van der Waals surface area (Å²) in [5.74, 6) is -0.527. The molecule has 0 radical (unpaired) electrons. The minimum absolute atomic E-state index is 0.179. The molecule has 0 aromatic carbocycles. The van der Waals surface area contributed by atoms with Crippen LogP contribution in [-0.4, -0.2) is 51.7 Å². The molecule has 2 heterocycles. The summed E-state index contributed by atoms with van der Waals surface area (Å²) < 4.78 is 11.5. The van der Waals surface area contributed by atoms with Gasteiger partial charge in [0.25, 0.3) is 0 Å². The number of esters is 1. The lowest BCUT2D eigenvalue weighted by atomic mass is 10.2. The van der Waals surface area contributed by atoms with Gasteiger partial charge in [-0.05, 0) is 0 Å². The number of carbonyl (C=O) groups excluding carboxylic acids is 1. The number of nitrogens with zero attached hydrogens (tertiary/aromatic N) is 2. The Morgan fingerprint density at radius 1 is 1.76 bits per heavy atom. The summed E-state index contributed by atoms with van der Waals surface area (Å²) in [6.07, 6.45) is 1.54. The normalized spacial score (nSPS) is 28.3. The summed E-state index contributed by atoms with van der Waals surface area (Å²) >= 11 is 0. The molecule has 1 fully saturated rings. The SMILES string of the molecule is COC(=O)c1cn([C@H]2C[C@H](O)[C@@H](CO)O2)cn1. The summed E-state index contributed by atoms with van der Waals surface area (Å²) in [4.78, 5) is 15.1. The summed E-state index contributed by atoms with van der Waals surface area (Å²) in [5, 5.41) is 18.5. The van der Waals surface area contributed by atoms with Crippen LogP contribution in [0.15, 0.2) is 12.5 Å². The van der Waals surface area contributed by atoms with Crippen molar-refractivity contribution in [2.45, 2.75) is 24.9 Å². The van der Waals surface area contributed by atoms with Crippen molar-refractivity contribution in [3.05, 3.63) is 18.2 Å². The largest absolute Gasteiger partial charge is 0.464 e. The average molecular weight is 242 g/mol. The number of ether oxygens (including phenoxy) is 2. The third kappa shape index (κ3) is 2.31. The topological polar surface area (TPSA) is 93.8 Å². The molecule has 0 unspecified atom stereocenters. The smallest absolute Gasteiger partial charge is 0.358 e. The van der Waals surface area contributed by atoms with Gasteiger partial charge in [-0.25, -0.2) is 9.78 Å². The zero-order valence-electron chi connectivity index (χ0n) is 9.31. The number of imidazole rings is 1. The Morgan fingerprint density at radius 2 is 2.53 bits per heavy atom. The van der Waals surface area contributed by atoms with Crippen LogP contribution in [0.4, 0.5) is 0 Å². The highest BCUT2D eigenvalue weighted by atomic mass is 16.5. The van der Waals surface area contributed by atoms with Crippen molar-refractivity contribution >= 4 is 5.97 Å². The second-order valence-electron chi connectivity index (χ2n) is 3.81. The fourth-order valence-electron chi connectivity index (χ4n) is 1.77. The molecular formula is C10H14N2O5. The summed E-state index contributed by atoms with van der Waals surface area (Å²) in [7, 11) is 1.28. The maximum Gasteiger partial charge on any atom is 0.358 e. The summed E-state index contributed by atoms with van der Waals surface area (Å²) in [6, 6.07) is 0. The van der Waals surface area contributed by atoms with Gasteiger partial charge in [-0.2, -0.15) is 0 Å². The first-order valence-corrected chi connectivity index (χ1v) is 5.22. The van der Waals surface area contributed by atoms with Gasteiger partial charge in [0.1, 0.15) is 12.3 Å². The quantitative estimate of drug-likeness (QED) is 0.681. The molecule has 0 aliphatic carbocycles. The van der Waals surface area contributed by atoms with Crippen molar-refractivity contribution in [3.63, 3.8) is 0 Å². The van der Waals surface area contributed by atoms with Crippen LogP contribution in [0.5, 0.6) is 0 Å². The van der Waals surface area contributed by atoms with Crippen LogP contribution < -0.4 is 0 Å². The molecular weight excluding hydrogens is 228 g/mol. The number of hydrogen-bond donors (Lipinski definition) is 2.